The Morgan fingerprint density at radius 3 is 2.62 bits per heavy atom. The van der Waals surface area contributed by atoms with E-state index in [1.54, 1.807) is 7.11 Å². The number of hydrogen-bond acceptors (Lipinski definition) is 4. The summed E-state index contributed by atoms with van der Waals surface area (Å²) in [6.07, 6.45) is 1.04. The molecule has 0 aliphatic carbocycles. The molecule has 2 atom stereocenters. The van der Waals surface area contributed by atoms with Crippen molar-refractivity contribution in [2.24, 2.45) is 0 Å². The minimum atomic E-state index is -0.708. The molecular weight excluding hydrogens is 410 g/mol. The lowest BCUT2D eigenvalue weighted by molar-refractivity contribution is -0.119. The first-order valence-corrected chi connectivity index (χ1v) is 10.6. The predicted octanol–water partition coefficient (Wildman–Crippen LogP) is 1.87. The van der Waals surface area contributed by atoms with Crippen molar-refractivity contribution in [2.45, 2.75) is 31.5 Å². The number of amides is 3. The fourth-order valence-corrected chi connectivity index (χ4v) is 4.24. The topological polar surface area (TPSA) is 73.9 Å². The van der Waals surface area contributed by atoms with Gasteiger partial charge in [0.15, 0.2) is 0 Å². The molecule has 4 rings (SSSR count). The molecule has 2 heterocycles. The van der Waals surface area contributed by atoms with Crippen LogP contribution in [-0.2, 0) is 22.5 Å². The van der Waals surface area contributed by atoms with E-state index < -0.39 is 17.9 Å². The maximum absolute atomic E-state index is 13.7. The van der Waals surface area contributed by atoms with Gasteiger partial charge in [-0.25, -0.2) is 9.18 Å². The normalized spacial score (nSPS) is 20.7. The van der Waals surface area contributed by atoms with Crippen LogP contribution in [0.3, 0.4) is 0 Å². The number of fused-ring (bicyclic) bond motifs is 1. The van der Waals surface area contributed by atoms with Gasteiger partial charge >= 0.3 is 6.03 Å². The Morgan fingerprint density at radius 2 is 1.88 bits per heavy atom. The molecule has 0 bridgehead atoms. The first-order valence-electron chi connectivity index (χ1n) is 10.6. The van der Waals surface area contributed by atoms with Crippen LogP contribution in [0, 0.1) is 5.82 Å². The smallest absolute Gasteiger partial charge is 0.322 e. The van der Waals surface area contributed by atoms with E-state index in [9.17, 15) is 14.0 Å². The van der Waals surface area contributed by atoms with Crippen LogP contribution in [-0.4, -0.2) is 69.0 Å². The molecule has 166 valence electrons. The van der Waals surface area contributed by atoms with Gasteiger partial charge in [-0.15, -0.1) is 0 Å². The molecule has 2 aliphatic rings. The van der Waals surface area contributed by atoms with Gasteiger partial charge in [-0.3, -0.25) is 4.79 Å². The first kappa shape index (κ1) is 22.3. The molecule has 2 aliphatic heterocycles. The van der Waals surface area contributed by atoms with Gasteiger partial charge in [-0.05, 0) is 48.9 Å². The summed E-state index contributed by atoms with van der Waals surface area (Å²) in [6.45, 7) is 2.12. The van der Waals surface area contributed by atoms with Crippen molar-refractivity contribution in [3.63, 3.8) is 0 Å². The number of benzene rings is 2. The third-order valence-corrected chi connectivity index (χ3v) is 6.09. The van der Waals surface area contributed by atoms with Crippen molar-refractivity contribution >= 4 is 36.6 Å². The van der Waals surface area contributed by atoms with E-state index >= 15 is 0 Å². The number of carbonyl (C=O) groups excluding carboxylic acids is 2. The Bertz CT molecular complexity index is 1030. The van der Waals surface area contributed by atoms with Gasteiger partial charge in [0, 0.05) is 44.5 Å². The van der Waals surface area contributed by atoms with Gasteiger partial charge in [-0.1, -0.05) is 17.6 Å². The molecule has 1 saturated heterocycles. The number of likely N-dealkylation sites (N-methyl/N-ethyl adjacent to an activating group) is 1. The lowest BCUT2D eigenvalue weighted by atomic mass is 9.95. The highest BCUT2D eigenvalue weighted by Gasteiger charge is 2.40. The fraction of sp³-hybridized carbons (Fsp3) is 0.391. The molecule has 7 nitrogen and oxygen atoms in total. The average molecular weight is 436 g/mol. The molecule has 1 unspecified atom stereocenters. The Morgan fingerprint density at radius 1 is 1.12 bits per heavy atom. The van der Waals surface area contributed by atoms with Crippen molar-refractivity contribution in [1.82, 2.24) is 9.80 Å². The van der Waals surface area contributed by atoms with E-state index in [1.807, 2.05) is 18.2 Å². The van der Waals surface area contributed by atoms with E-state index in [1.165, 1.54) is 28.2 Å². The standard InChI is InChI=1S/C23H26BFN4O3/c1-28-8-7-14-9-16(4-3-15(14)12-28)26-22(30)21-11-18(32-2)13-29(21)23(31)27-17-5-6-19(24)20(25)10-17/h3-6,9-10,18,21H,7-8,11-13H2,1-2H3,(H,26,30)(H,27,31)/t18?,21-/m1/s1. The predicted molar refractivity (Wildman–Crippen MR) is 122 cm³/mol. The molecule has 2 N–H and O–H groups in total. The molecular formula is C23H26BFN4O3. The number of likely N-dealkylation sites (tertiary alicyclic amines) is 1. The number of ether oxygens (including phenoxy) is 1. The number of hydrogen-bond donors (Lipinski definition) is 2. The van der Waals surface area contributed by atoms with Gasteiger partial charge in [0.1, 0.15) is 19.7 Å². The van der Waals surface area contributed by atoms with Crippen LogP contribution in [0.15, 0.2) is 36.4 Å². The zero-order chi connectivity index (χ0) is 22.8. The van der Waals surface area contributed by atoms with Gasteiger partial charge in [0.05, 0.1) is 6.10 Å². The summed E-state index contributed by atoms with van der Waals surface area (Å²) < 4.78 is 19.1. The third-order valence-electron chi connectivity index (χ3n) is 6.09. The summed E-state index contributed by atoms with van der Waals surface area (Å²) in [5.41, 5.74) is 3.45. The second kappa shape index (κ2) is 9.30. The molecule has 1 fully saturated rings. The van der Waals surface area contributed by atoms with Crippen LogP contribution in [0.4, 0.5) is 20.6 Å². The molecule has 0 spiro atoms. The second-order valence-corrected chi connectivity index (χ2v) is 8.39. The number of anilines is 2. The van der Waals surface area contributed by atoms with E-state index in [0.717, 1.165) is 25.6 Å². The van der Waals surface area contributed by atoms with Crippen molar-refractivity contribution in [3.8, 4) is 0 Å². The maximum Gasteiger partial charge on any atom is 0.322 e. The highest BCUT2D eigenvalue weighted by atomic mass is 19.1. The zero-order valence-corrected chi connectivity index (χ0v) is 18.2. The first-order chi connectivity index (χ1) is 15.3. The van der Waals surface area contributed by atoms with Crippen molar-refractivity contribution < 1.29 is 18.7 Å². The Kier molecular flexibility index (Phi) is 6.48. The number of urea groups is 1. The highest BCUT2D eigenvalue weighted by Crippen LogP contribution is 2.25. The molecule has 0 saturated carbocycles. The summed E-state index contributed by atoms with van der Waals surface area (Å²) in [4.78, 5) is 29.7. The molecule has 9 heteroatoms. The Hall–Kier alpha value is -2.91. The molecule has 0 aromatic heterocycles. The summed E-state index contributed by atoms with van der Waals surface area (Å²) in [6, 6.07) is 8.77. The van der Waals surface area contributed by atoms with Gasteiger partial charge in [0.2, 0.25) is 5.91 Å². The number of nitrogens with one attached hydrogen (secondary N) is 2. The van der Waals surface area contributed by atoms with Crippen molar-refractivity contribution in [2.75, 3.05) is 37.9 Å². The van der Waals surface area contributed by atoms with E-state index in [-0.39, 0.29) is 29.7 Å². The molecule has 2 aromatic rings. The number of methoxy groups -OCH3 is 1. The van der Waals surface area contributed by atoms with Crippen LogP contribution in [0.1, 0.15) is 17.5 Å². The van der Waals surface area contributed by atoms with Crippen LogP contribution >= 0.6 is 0 Å². The zero-order valence-electron chi connectivity index (χ0n) is 18.2. The lowest BCUT2D eigenvalue weighted by Gasteiger charge is -2.26. The van der Waals surface area contributed by atoms with Crippen LogP contribution in [0.25, 0.3) is 0 Å². The van der Waals surface area contributed by atoms with E-state index in [0.29, 0.717) is 12.1 Å². The summed E-state index contributed by atoms with van der Waals surface area (Å²) in [5, 5.41) is 5.59. The number of nitrogens with zero attached hydrogens (tertiary/aromatic N) is 2. The van der Waals surface area contributed by atoms with Crippen LogP contribution in [0.2, 0.25) is 0 Å². The second-order valence-electron chi connectivity index (χ2n) is 8.39. The summed E-state index contributed by atoms with van der Waals surface area (Å²) >= 11 is 0. The van der Waals surface area contributed by atoms with Gasteiger partial charge < -0.3 is 25.2 Å². The average Bonchev–Trinajstić information content (AvgIpc) is 3.21. The quantitative estimate of drug-likeness (QED) is 0.718. The lowest BCUT2D eigenvalue weighted by Crippen LogP contribution is -2.45. The van der Waals surface area contributed by atoms with Crippen molar-refractivity contribution in [1.29, 1.82) is 0 Å². The minimum Gasteiger partial charge on any atom is -0.380 e. The summed E-state index contributed by atoms with van der Waals surface area (Å²) in [5.74, 6) is -0.900. The fourth-order valence-electron chi connectivity index (χ4n) is 4.24. The van der Waals surface area contributed by atoms with Crippen LogP contribution < -0.4 is 16.1 Å². The Balaban J connectivity index is 1.47. The number of rotatable bonds is 4. The maximum atomic E-state index is 13.7. The monoisotopic (exact) mass is 436 g/mol. The van der Waals surface area contributed by atoms with Gasteiger partial charge in [0.25, 0.3) is 0 Å². The largest absolute Gasteiger partial charge is 0.380 e. The highest BCUT2D eigenvalue weighted by molar-refractivity contribution is 6.32. The molecule has 2 aromatic carbocycles. The van der Waals surface area contributed by atoms with E-state index in [4.69, 9.17) is 12.6 Å². The summed E-state index contributed by atoms with van der Waals surface area (Å²) in [7, 11) is 9.13. The molecule has 2 radical (unpaired) electrons. The minimum absolute atomic E-state index is 0.00225. The number of halogens is 1. The number of carbonyl (C=O) groups is 2. The Labute approximate surface area is 188 Å². The molecule has 32 heavy (non-hydrogen) atoms. The van der Waals surface area contributed by atoms with Crippen molar-refractivity contribution in [3.05, 3.63) is 53.3 Å². The van der Waals surface area contributed by atoms with Crippen LogP contribution in [0.5, 0.6) is 0 Å². The molecule has 3 amide bonds. The SMILES string of the molecule is [B]c1ccc(NC(=O)N2CC(OC)C[C@@H]2C(=O)Nc2ccc3c(c2)CCN(C)C3)cc1F. The third kappa shape index (κ3) is 4.79. The van der Waals surface area contributed by atoms with E-state index in [2.05, 4.69) is 22.6 Å². The van der Waals surface area contributed by atoms with Gasteiger partial charge in [-0.2, -0.15) is 0 Å².